The lowest BCUT2D eigenvalue weighted by Gasteiger charge is -2.35. The number of nitrogens with zero attached hydrogens (tertiary/aromatic N) is 3. The molecule has 0 amide bonds. The molecule has 26 heavy (non-hydrogen) atoms. The molecule has 3 rings (SSSR count). The molecular weight excluding hydrogens is 328 g/mol. The van der Waals surface area contributed by atoms with Gasteiger partial charge in [-0.25, -0.2) is 14.8 Å². The Hall–Kier alpha value is -2.47. The molecule has 0 aliphatic carbocycles. The van der Waals surface area contributed by atoms with Crippen LogP contribution in [0.3, 0.4) is 0 Å². The molecule has 2 aromatic rings. The second-order valence-corrected chi connectivity index (χ2v) is 7.35. The fourth-order valence-corrected chi connectivity index (χ4v) is 3.76. The summed E-state index contributed by atoms with van der Waals surface area (Å²) < 4.78 is 0. The van der Waals surface area contributed by atoms with Gasteiger partial charge in [-0.3, -0.25) is 4.90 Å². The predicted octanol–water partition coefficient (Wildman–Crippen LogP) is 3.26. The van der Waals surface area contributed by atoms with Crippen LogP contribution in [0.15, 0.2) is 36.7 Å². The van der Waals surface area contributed by atoms with Gasteiger partial charge in [-0.15, -0.1) is 0 Å². The van der Waals surface area contributed by atoms with Crippen LogP contribution in [0.5, 0.6) is 0 Å². The highest BCUT2D eigenvalue weighted by molar-refractivity contribution is 5.84. The maximum Gasteiger partial charge on any atom is 0.356 e. The molecule has 0 bridgehead atoms. The molecule has 1 fully saturated rings. The summed E-state index contributed by atoms with van der Waals surface area (Å²) in [5.74, 6) is 0.989. The van der Waals surface area contributed by atoms with Gasteiger partial charge >= 0.3 is 5.97 Å². The number of benzene rings is 1. The lowest BCUT2D eigenvalue weighted by Crippen LogP contribution is -2.38. The van der Waals surface area contributed by atoms with Crippen molar-refractivity contribution in [1.82, 2.24) is 14.9 Å². The number of likely N-dealkylation sites (tertiary alicyclic amines) is 1. The van der Waals surface area contributed by atoms with E-state index >= 15 is 0 Å². The Morgan fingerprint density at radius 1 is 1.15 bits per heavy atom. The largest absolute Gasteiger partial charge is 0.476 e. The van der Waals surface area contributed by atoms with Crippen molar-refractivity contribution in [3.63, 3.8) is 0 Å². The van der Waals surface area contributed by atoms with Crippen molar-refractivity contribution in [2.24, 2.45) is 11.8 Å². The zero-order chi connectivity index (χ0) is 18.5. The summed E-state index contributed by atoms with van der Waals surface area (Å²) in [6.45, 7) is 8.54. The Labute approximate surface area is 154 Å². The van der Waals surface area contributed by atoms with Crippen LogP contribution in [0, 0.1) is 11.8 Å². The minimum Gasteiger partial charge on any atom is -0.476 e. The van der Waals surface area contributed by atoms with Gasteiger partial charge < -0.3 is 10.4 Å². The lowest BCUT2D eigenvalue weighted by molar-refractivity contribution is 0.0690. The van der Waals surface area contributed by atoms with E-state index in [4.69, 9.17) is 5.11 Å². The third-order valence-electron chi connectivity index (χ3n) is 4.79. The van der Waals surface area contributed by atoms with Crippen LogP contribution in [0.1, 0.15) is 41.9 Å². The minimum absolute atomic E-state index is 0.0516. The van der Waals surface area contributed by atoms with E-state index in [1.807, 2.05) is 6.07 Å². The molecule has 1 aliphatic rings. The number of rotatable bonds is 6. The molecule has 6 heteroatoms. The van der Waals surface area contributed by atoms with E-state index in [9.17, 15) is 4.79 Å². The molecule has 138 valence electrons. The molecular formula is C20H26N4O2. The fourth-order valence-electron chi connectivity index (χ4n) is 3.76. The first-order valence-corrected chi connectivity index (χ1v) is 9.09. The zero-order valence-corrected chi connectivity index (χ0v) is 15.4. The first-order chi connectivity index (χ1) is 12.5. The van der Waals surface area contributed by atoms with Crippen molar-refractivity contribution in [3.8, 4) is 0 Å². The number of carboxylic acids is 1. The van der Waals surface area contributed by atoms with Crippen LogP contribution in [-0.4, -0.2) is 39.0 Å². The Balaban J connectivity index is 1.64. The first-order valence-electron chi connectivity index (χ1n) is 9.09. The fraction of sp³-hybridized carbons (Fsp3) is 0.450. The van der Waals surface area contributed by atoms with Gasteiger partial charge in [0.2, 0.25) is 0 Å². The van der Waals surface area contributed by atoms with E-state index in [0.29, 0.717) is 12.4 Å². The van der Waals surface area contributed by atoms with Crippen LogP contribution >= 0.6 is 0 Å². The minimum atomic E-state index is -1.07. The van der Waals surface area contributed by atoms with Crippen LogP contribution in [0.25, 0.3) is 0 Å². The van der Waals surface area contributed by atoms with E-state index in [1.54, 1.807) is 0 Å². The molecule has 1 aromatic carbocycles. The van der Waals surface area contributed by atoms with E-state index < -0.39 is 5.97 Å². The standard InChI is InChI=1S/C20H26N4O2/c1-14-7-15(2)12-24(11-14)13-17-6-4-3-5-16(17)8-22-19-10-21-18(9-23-19)20(25)26/h3-6,9-10,14-15H,7-8,11-13H2,1-2H3,(H,22,23)(H,25,26). The monoisotopic (exact) mass is 354 g/mol. The average Bonchev–Trinajstić information content (AvgIpc) is 2.60. The molecule has 6 nitrogen and oxygen atoms in total. The highest BCUT2D eigenvalue weighted by Crippen LogP contribution is 2.23. The summed E-state index contributed by atoms with van der Waals surface area (Å²) in [4.78, 5) is 21.4. The van der Waals surface area contributed by atoms with Crippen LogP contribution in [-0.2, 0) is 13.1 Å². The molecule has 0 radical (unpaired) electrons. The maximum absolute atomic E-state index is 10.8. The summed E-state index contributed by atoms with van der Waals surface area (Å²) in [5.41, 5.74) is 2.49. The molecule has 2 heterocycles. The number of anilines is 1. The second-order valence-electron chi connectivity index (χ2n) is 7.35. The predicted molar refractivity (Wildman–Crippen MR) is 101 cm³/mol. The van der Waals surface area contributed by atoms with Gasteiger partial charge in [0.15, 0.2) is 5.69 Å². The van der Waals surface area contributed by atoms with Gasteiger partial charge in [0, 0.05) is 26.2 Å². The summed E-state index contributed by atoms with van der Waals surface area (Å²) in [5, 5.41) is 12.1. The third-order valence-corrected chi connectivity index (χ3v) is 4.79. The Morgan fingerprint density at radius 3 is 2.46 bits per heavy atom. The SMILES string of the molecule is CC1CC(C)CN(Cc2ccccc2CNc2cnc(C(=O)O)cn2)C1. The number of nitrogens with one attached hydrogen (secondary N) is 1. The van der Waals surface area contributed by atoms with Crippen LogP contribution in [0.4, 0.5) is 5.82 Å². The highest BCUT2D eigenvalue weighted by Gasteiger charge is 2.22. The summed E-state index contributed by atoms with van der Waals surface area (Å²) >= 11 is 0. The average molecular weight is 354 g/mol. The second kappa shape index (κ2) is 8.27. The normalized spacial score (nSPS) is 20.7. The van der Waals surface area contributed by atoms with Crippen molar-refractivity contribution in [2.75, 3.05) is 18.4 Å². The number of hydrogen-bond acceptors (Lipinski definition) is 5. The van der Waals surface area contributed by atoms with Crippen LogP contribution in [0.2, 0.25) is 0 Å². The van der Waals surface area contributed by atoms with Crippen LogP contribution < -0.4 is 5.32 Å². The molecule has 0 spiro atoms. The molecule has 2 atom stereocenters. The number of aromatic carboxylic acids is 1. The van der Waals surface area contributed by atoms with Crippen molar-refractivity contribution < 1.29 is 9.90 Å². The molecule has 2 unspecified atom stereocenters. The molecule has 0 saturated carbocycles. The smallest absolute Gasteiger partial charge is 0.356 e. The number of carbonyl (C=O) groups is 1. The highest BCUT2D eigenvalue weighted by atomic mass is 16.4. The molecule has 2 N–H and O–H groups in total. The lowest BCUT2D eigenvalue weighted by atomic mass is 9.91. The van der Waals surface area contributed by atoms with Crippen molar-refractivity contribution in [2.45, 2.75) is 33.4 Å². The van der Waals surface area contributed by atoms with Gasteiger partial charge in [-0.1, -0.05) is 38.1 Å². The summed E-state index contributed by atoms with van der Waals surface area (Å²) in [7, 11) is 0. The summed E-state index contributed by atoms with van der Waals surface area (Å²) in [6.07, 6.45) is 4.04. The number of carboxylic acid groups (broad SMARTS) is 1. The van der Waals surface area contributed by atoms with Gasteiger partial charge in [0.05, 0.1) is 12.4 Å². The number of hydrogen-bond donors (Lipinski definition) is 2. The van der Waals surface area contributed by atoms with E-state index in [0.717, 1.165) is 31.5 Å². The van der Waals surface area contributed by atoms with Gasteiger partial charge in [-0.2, -0.15) is 0 Å². The van der Waals surface area contributed by atoms with Gasteiger partial charge in [0.1, 0.15) is 5.82 Å². The van der Waals surface area contributed by atoms with E-state index in [2.05, 4.69) is 52.2 Å². The number of aromatic nitrogens is 2. The van der Waals surface area contributed by atoms with Crippen molar-refractivity contribution in [3.05, 3.63) is 53.5 Å². The topological polar surface area (TPSA) is 78.4 Å². The maximum atomic E-state index is 10.8. The quantitative estimate of drug-likeness (QED) is 0.829. The third kappa shape index (κ3) is 4.79. The van der Waals surface area contributed by atoms with E-state index in [1.165, 1.54) is 29.9 Å². The molecule has 1 aromatic heterocycles. The number of piperidine rings is 1. The Kier molecular flexibility index (Phi) is 5.83. The van der Waals surface area contributed by atoms with Gasteiger partial charge in [-0.05, 0) is 29.4 Å². The summed E-state index contributed by atoms with van der Waals surface area (Å²) in [6, 6.07) is 8.43. The first kappa shape index (κ1) is 18.3. The molecule has 1 aliphatic heterocycles. The Morgan fingerprint density at radius 2 is 1.85 bits per heavy atom. The van der Waals surface area contributed by atoms with Crippen molar-refractivity contribution >= 4 is 11.8 Å². The van der Waals surface area contributed by atoms with Gasteiger partial charge in [0.25, 0.3) is 0 Å². The molecule has 1 saturated heterocycles. The van der Waals surface area contributed by atoms with E-state index in [-0.39, 0.29) is 5.69 Å². The Bertz CT molecular complexity index is 738. The zero-order valence-electron chi connectivity index (χ0n) is 15.4. The van der Waals surface area contributed by atoms with Crippen molar-refractivity contribution in [1.29, 1.82) is 0 Å².